The molecule has 0 spiro atoms. The molecule has 0 saturated heterocycles. The molecule has 0 saturated carbocycles. The highest BCUT2D eigenvalue weighted by atomic mass is 16.3. The van der Waals surface area contributed by atoms with Gasteiger partial charge >= 0.3 is 0 Å². The molecule has 3 aromatic carbocycles. The summed E-state index contributed by atoms with van der Waals surface area (Å²) >= 11 is 0. The number of rotatable bonds is 2. The smallest absolute Gasteiger partial charge is 0.136 e. The third-order valence-corrected chi connectivity index (χ3v) is 4.35. The molecule has 0 bridgehead atoms. The Morgan fingerprint density at radius 3 is 2.71 bits per heavy atom. The fraction of sp³-hybridized carbons (Fsp3) is 0.0526. The van der Waals surface area contributed by atoms with E-state index in [1.54, 1.807) is 16.8 Å². The maximum atomic E-state index is 10.5. The molecule has 0 aliphatic rings. The summed E-state index contributed by atoms with van der Waals surface area (Å²) in [5, 5.41) is 20.8. The standard InChI is InChI=1S/C19H13N3O2/c23-16-9-10-18-19(12-5-1-4-8-17(12)24-18)13(16)11-22-15-7-3-2-6-14(15)20-21-22/h1-10,23H,11H2. The van der Waals surface area contributed by atoms with Crippen LogP contribution in [0.25, 0.3) is 33.0 Å². The van der Waals surface area contributed by atoms with Crippen LogP contribution in [0.3, 0.4) is 0 Å². The zero-order chi connectivity index (χ0) is 16.1. The lowest BCUT2D eigenvalue weighted by Gasteiger charge is -2.07. The Kier molecular flexibility index (Phi) is 2.64. The van der Waals surface area contributed by atoms with E-state index >= 15 is 0 Å². The van der Waals surface area contributed by atoms with Gasteiger partial charge in [-0.05, 0) is 30.3 Å². The first-order valence-corrected chi connectivity index (χ1v) is 7.71. The fourth-order valence-corrected chi connectivity index (χ4v) is 3.22. The predicted molar refractivity (Wildman–Crippen MR) is 92.0 cm³/mol. The maximum absolute atomic E-state index is 10.5. The molecule has 5 rings (SSSR count). The van der Waals surface area contributed by atoms with Crippen LogP contribution in [0.4, 0.5) is 0 Å². The molecule has 0 unspecified atom stereocenters. The van der Waals surface area contributed by atoms with Crippen LogP contribution in [0.5, 0.6) is 5.75 Å². The van der Waals surface area contributed by atoms with Crippen molar-refractivity contribution in [2.75, 3.05) is 0 Å². The Hall–Kier alpha value is -3.34. The van der Waals surface area contributed by atoms with Crippen LogP contribution in [-0.2, 0) is 6.54 Å². The van der Waals surface area contributed by atoms with Crippen molar-refractivity contribution in [3.05, 3.63) is 66.2 Å². The Morgan fingerprint density at radius 2 is 1.75 bits per heavy atom. The lowest BCUT2D eigenvalue weighted by Crippen LogP contribution is -2.02. The summed E-state index contributed by atoms with van der Waals surface area (Å²) in [5.41, 5.74) is 4.12. The Labute approximate surface area is 136 Å². The zero-order valence-corrected chi connectivity index (χ0v) is 12.7. The highest BCUT2D eigenvalue weighted by molar-refractivity contribution is 6.07. The molecule has 5 heteroatoms. The van der Waals surface area contributed by atoms with Gasteiger partial charge in [-0.2, -0.15) is 0 Å². The second-order valence-corrected chi connectivity index (χ2v) is 5.77. The number of fused-ring (bicyclic) bond motifs is 4. The number of hydrogen-bond acceptors (Lipinski definition) is 4. The number of furan rings is 1. The van der Waals surface area contributed by atoms with E-state index in [9.17, 15) is 5.11 Å². The summed E-state index contributed by atoms with van der Waals surface area (Å²) in [5.74, 6) is 0.230. The van der Waals surface area contributed by atoms with Gasteiger partial charge in [-0.25, -0.2) is 4.68 Å². The molecule has 2 heterocycles. The van der Waals surface area contributed by atoms with Gasteiger partial charge in [0, 0.05) is 16.3 Å². The third-order valence-electron chi connectivity index (χ3n) is 4.35. The average molecular weight is 315 g/mol. The Morgan fingerprint density at radius 1 is 0.917 bits per heavy atom. The van der Waals surface area contributed by atoms with Crippen LogP contribution in [-0.4, -0.2) is 20.1 Å². The van der Waals surface area contributed by atoms with E-state index in [1.165, 1.54) is 0 Å². The van der Waals surface area contributed by atoms with Crippen molar-refractivity contribution in [1.29, 1.82) is 0 Å². The molecular formula is C19H13N3O2. The Balaban J connectivity index is 1.78. The van der Waals surface area contributed by atoms with Crippen molar-refractivity contribution < 1.29 is 9.52 Å². The van der Waals surface area contributed by atoms with Crippen LogP contribution in [0, 0.1) is 0 Å². The molecule has 0 atom stereocenters. The van der Waals surface area contributed by atoms with E-state index in [0.29, 0.717) is 6.54 Å². The first-order chi connectivity index (χ1) is 11.8. The van der Waals surface area contributed by atoms with Gasteiger partial charge in [-0.15, -0.1) is 5.10 Å². The Bertz CT molecular complexity index is 1200. The van der Waals surface area contributed by atoms with Crippen molar-refractivity contribution in [2.45, 2.75) is 6.54 Å². The van der Waals surface area contributed by atoms with Crippen LogP contribution >= 0.6 is 0 Å². The SMILES string of the molecule is Oc1ccc2oc3ccccc3c2c1Cn1nnc2ccccc21. The first-order valence-electron chi connectivity index (χ1n) is 7.71. The highest BCUT2D eigenvalue weighted by Crippen LogP contribution is 2.36. The lowest BCUT2D eigenvalue weighted by molar-refractivity contribution is 0.465. The molecule has 5 aromatic rings. The molecule has 5 nitrogen and oxygen atoms in total. The molecule has 0 aliphatic heterocycles. The van der Waals surface area contributed by atoms with E-state index in [4.69, 9.17) is 4.42 Å². The first kappa shape index (κ1) is 13.1. The summed E-state index contributed by atoms with van der Waals surface area (Å²) in [6, 6.07) is 19.1. The summed E-state index contributed by atoms with van der Waals surface area (Å²) < 4.78 is 7.70. The number of aromatic hydroxyl groups is 1. The van der Waals surface area contributed by atoms with E-state index in [1.807, 2.05) is 48.5 Å². The molecule has 0 aliphatic carbocycles. The van der Waals surface area contributed by atoms with Crippen molar-refractivity contribution in [3.8, 4) is 5.75 Å². The molecule has 0 radical (unpaired) electrons. The van der Waals surface area contributed by atoms with E-state index in [2.05, 4.69) is 10.3 Å². The number of hydrogen-bond donors (Lipinski definition) is 1. The predicted octanol–water partition coefficient (Wildman–Crippen LogP) is 4.08. The molecular weight excluding hydrogens is 302 g/mol. The lowest BCUT2D eigenvalue weighted by atomic mass is 10.1. The number of phenolic OH excluding ortho intramolecular Hbond substituents is 1. The van der Waals surface area contributed by atoms with Crippen LogP contribution < -0.4 is 0 Å². The fourth-order valence-electron chi connectivity index (χ4n) is 3.22. The van der Waals surface area contributed by atoms with Gasteiger partial charge in [0.1, 0.15) is 22.4 Å². The summed E-state index contributed by atoms with van der Waals surface area (Å²) in [6.45, 7) is 0.424. The minimum atomic E-state index is 0.230. The summed E-state index contributed by atoms with van der Waals surface area (Å²) in [7, 11) is 0. The summed E-state index contributed by atoms with van der Waals surface area (Å²) in [4.78, 5) is 0. The van der Waals surface area contributed by atoms with Gasteiger partial charge in [0.25, 0.3) is 0 Å². The number of nitrogens with zero attached hydrogens (tertiary/aromatic N) is 3. The van der Waals surface area contributed by atoms with Crippen molar-refractivity contribution in [1.82, 2.24) is 15.0 Å². The normalized spacial score (nSPS) is 11.7. The van der Waals surface area contributed by atoms with Crippen molar-refractivity contribution >= 4 is 33.0 Å². The largest absolute Gasteiger partial charge is 0.508 e. The quantitative estimate of drug-likeness (QED) is 0.533. The van der Waals surface area contributed by atoms with E-state index in [0.717, 1.165) is 38.5 Å². The van der Waals surface area contributed by atoms with Gasteiger partial charge in [0.15, 0.2) is 0 Å². The van der Waals surface area contributed by atoms with Gasteiger partial charge < -0.3 is 9.52 Å². The number of phenols is 1. The third kappa shape index (κ3) is 1.81. The second-order valence-electron chi connectivity index (χ2n) is 5.77. The van der Waals surface area contributed by atoms with Crippen LogP contribution in [0.2, 0.25) is 0 Å². The average Bonchev–Trinajstić information content (AvgIpc) is 3.19. The summed E-state index contributed by atoms with van der Waals surface area (Å²) in [6.07, 6.45) is 0. The monoisotopic (exact) mass is 315 g/mol. The maximum Gasteiger partial charge on any atom is 0.136 e. The van der Waals surface area contributed by atoms with Crippen LogP contribution in [0.1, 0.15) is 5.56 Å². The second kappa shape index (κ2) is 4.83. The number of para-hydroxylation sites is 2. The molecule has 116 valence electrons. The van der Waals surface area contributed by atoms with Gasteiger partial charge in [0.05, 0.1) is 12.1 Å². The topological polar surface area (TPSA) is 64.1 Å². The van der Waals surface area contributed by atoms with Gasteiger partial charge in [-0.1, -0.05) is 35.5 Å². The number of aromatic nitrogens is 3. The van der Waals surface area contributed by atoms with E-state index < -0.39 is 0 Å². The van der Waals surface area contributed by atoms with Crippen LogP contribution in [0.15, 0.2) is 65.1 Å². The molecule has 2 aromatic heterocycles. The minimum Gasteiger partial charge on any atom is -0.508 e. The van der Waals surface area contributed by atoms with Crippen molar-refractivity contribution in [2.24, 2.45) is 0 Å². The van der Waals surface area contributed by atoms with E-state index in [-0.39, 0.29) is 5.75 Å². The van der Waals surface area contributed by atoms with Gasteiger partial charge in [0.2, 0.25) is 0 Å². The molecule has 0 amide bonds. The van der Waals surface area contributed by atoms with Crippen molar-refractivity contribution in [3.63, 3.8) is 0 Å². The molecule has 24 heavy (non-hydrogen) atoms. The number of benzene rings is 3. The molecule has 0 fully saturated rings. The zero-order valence-electron chi connectivity index (χ0n) is 12.7. The highest BCUT2D eigenvalue weighted by Gasteiger charge is 2.16. The molecule has 1 N–H and O–H groups in total. The minimum absolute atomic E-state index is 0.230. The van der Waals surface area contributed by atoms with Gasteiger partial charge in [-0.3, -0.25) is 0 Å².